The molecule has 0 fully saturated rings. The molecule has 0 saturated carbocycles. The van der Waals surface area contributed by atoms with Crippen LogP contribution in [0.2, 0.25) is 5.02 Å². The molecule has 1 N–H and O–H groups in total. The van der Waals surface area contributed by atoms with Crippen molar-refractivity contribution in [2.75, 3.05) is 5.32 Å². The van der Waals surface area contributed by atoms with Gasteiger partial charge in [-0.25, -0.2) is 4.98 Å². The average Bonchev–Trinajstić information content (AvgIpc) is 3.02. The van der Waals surface area contributed by atoms with Gasteiger partial charge in [0.25, 0.3) is 11.5 Å². The molecule has 0 unspecified atom stereocenters. The maximum atomic E-state index is 12.2. The molecule has 0 aliphatic heterocycles. The zero-order valence-electron chi connectivity index (χ0n) is 11.9. The molecule has 0 spiro atoms. The lowest BCUT2D eigenvalue weighted by atomic mass is 10.2. The Morgan fingerprint density at radius 2 is 2.17 bits per heavy atom. The SMILES string of the molecule is O=C(Nc1nccs1)c1ccc(=O)n(Cc2cccc(Cl)c2)c1. The minimum atomic E-state index is -0.306. The molecular formula is C16H12ClN3O2S. The normalized spacial score (nSPS) is 10.5. The number of aromatic nitrogens is 2. The van der Waals surface area contributed by atoms with Crippen LogP contribution in [0.15, 0.2) is 59.0 Å². The van der Waals surface area contributed by atoms with Crippen molar-refractivity contribution < 1.29 is 4.79 Å². The number of rotatable bonds is 4. The molecule has 0 saturated heterocycles. The van der Waals surface area contributed by atoms with Crippen LogP contribution in [0.4, 0.5) is 5.13 Å². The van der Waals surface area contributed by atoms with E-state index in [2.05, 4.69) is 10.3 Å². The Morgan fingerprint density at radius 3 is 2.91 bits per heavy atom. The highest BCUT2D eigenvalue weighted by molar-refractivity contribution is 7.13. The molecule has 1 amide bonds. The van der Waals surface area contributed by atoms with Gasteiger partial charge in [-0.1, -0.05) is 23.7 Å². The zero-order valence-corrected chi connectivity index (χ0v) is 13.5. The lowest BCUT2D eigenvalue weighted by molar-refractivity contribution is 0.102. The van der Waals surface area contributed by atoms with E-state index in [1.165, 1.54) is 34.2 Å². The third-order valence-electron chi connectivity index (χ3n) is 3.14. The Kier molecular flexibility index (Phi) is 4.55. The Balaban J connectivity index is 1.84. The van der Waals surface area contributed by atoms with E-state index in [4.69, 9.17) is 11.6 Å². The Hall–Kier alpha value is -2.44. The van der Waals surface area contributed by atoms with E-state index >= 15 is 0 Å². The topological polar surface area (TPSA) is 64.0 Å². The van der Waals surface area contributed by atoms with Crippen molar-refractivity contribution >= 4 is 34.0 Å². The smallest absolute Gasteiger partial charge is 0.258 e. The van der Waals surface area contributed by atoms with Crippen molar-refractivity contribution in [3.05, 3.63) is 80.7 Å². The van der Waals surface area contributed by atoms with E-state index in [1.54, 1.807) is 23.7 Å². The number of thiazole rings is 1. The summed E-state index contributed by atoms with van der Waals surface area (Å²) in [5.41, 5.74) is 1.09. The van der Waals surface area contributed by atoms with Gasteiger partial charge in [0.1, 0.15) is 0 Å². The van der Waals surface area contributed by atoms with Crippen LogP contribution in [0.5, 0.6) is 0 Å². The molecule has 23 heavy (non-hydrogen) atoms. The van der Waals surface area contributed by atoms with Crippen molar-refractivity contribution in [3.63, 3.8) is 0 Å². The standard InChI is InChI=1S/C16H12ClN3O2S/c17-13-3-1-2-11(8-13)9-20-10-12(4-5-14(20)21)15(22)19-16-18-6-7-23-16/h1-8,10H,9H2,(H,18,19,22). The van der Waals surface area contributed by atoms with E-state index in [1.807, 2.05) is 12.1 Å². The Morgan fingerprint density at radius 1 is 1.30 bits per heavy atom. The van der Waals surface area contributed by atoms with Crippen LogP contribution >= 0.6 is 22.9 Å². The molecule has 3 aromatic rings. The molecular weight excluding hydrogens is 334 g/mol. The predicted molar refractivity (Wildman–Crippen MR) is 91.3 cm³/mol. The maximum Gasteiger partial charge on any atom is 0.258 e. The summed E-state index contributed by atoms with van der Waals surface area (Å²) in [5, 5.41) is 5.58. The quantitative estimate of drug-likeness (QED) is 0.789. The molecule has 0 atom stereocenters. The van der Waals surface area contributed by atoms with Crippen molar-refractivity contribution in [1.82, 2.24) is 9.55 Å². The Labute approximate surface area is 141 Å². The lowest BCUT2D eigenvalue weighted by Crippen LogP contribution is -2.22. The van der Waals surface area contributed by atoms with Crippen LogP contribution in [-0.4, -0.2) is 15.5 Å². The number of carbonyl (C=O) groups is 1. The largest absolute Gasteiger partial charge is 0.310 e. The minimum absolute atomic E-state index is 0.184. The summed E-state index contributed by atoms with van der Waals surface area (Å²) in [7, 11) is 0. The molecule has 2 aromatic heterocycles. The van der Waals surface area contributed by atoms with Crippen LogP contribution in [-0.2, 0) is 6.54 Å². The van der Waals surface area contributed by atoms with Gasteiger partial charge in [0, 0.05) is 28.9 Å². The molecule has 0 bridgehead atoms. The second-order valence-electron chi connectivity index (χ2n) is 4.81. The number of hydrogen-bond acceptors (Lipinski definition) is 4. The summed E-state index contributed by atoms with van der Waals surface area (Å²) in [6, 6.07) is 10.1. The first-order chi connectivity index (χ1) is 11.1. The van der Waals surface area contributed by atoms with E-state index < -0.39 is 0 Å². The molecule has 7 heteroatoms. The second kappa shape index (κ2) is 6.76. The first-order valence-corrected chi connectivity index (χ1v) is 8.03. The maximum absolute atomic E-state index is 12.2. The first-order valence-electron chi connectivity index (χ1n) is 6.77. The number of hydrogen-bond donors (Lipinski definition) is 1. The van der Waals surface area contributed by atoms with Crippen molar-refractivity contribution in [2.24, 2.45) is 0 Å². The average molecular weight is 346 g/mol. The number of carbonyl (C=O) groups excluding carboxylic acids is 1. The summed E-state index contributed by atoms with van der Waals surface area (Å²) in [6.07, 6.45) is 3.15. The molecule has 3 rings (SSSR count). The number of amides is 1. The Bertz CT molecular complexity index is 890. The number of nitrogens with one attached hydrogen (secondary N) is 1. The monoisotopic (exact) mass is 345 g/mol. The van der Waals surface area contributed by atoms with Crippen LogP contribution in [0, 0.1) is 0 Å². The van der Waals surface area contributed by atoms with Crippen LogP contribution in [0.1, 0.15) is 15.9 Å². The number of anilines is 1. The van der Waals surface area contributed by atoms with Crippen LogP contribution in [0.25, 0.3) is 0 Å². The van der Waals surface area contributed by atoms with Crippen molar-refractivity contribution in [1.29, 1.82) is 0 Å². The number of halogens is 1. The first kappa shape index (κ1) is 15.5. The highest BCUT2D eigenvalue weighted by atomic mass is 35.5. The van der Waals surface area contributed by atoms with Gasteiger partial charge >= 0.3 is 0 Å². The third-order valence-corrected chi connectivity index (χ3v) is 4.06. The van der Waals surface area contributed by atoms with Crippen LogP contribution < -0.4 is 10.9 Å². The third kappa shape index (κ3) is 3.85. The van der Waals surface area contributed by atoms with Gasteiger partial charge in [-0.05, 0) is 23.8 Å². The summed E-state index contributed by atoms with van der Waals surface area (Å²) < 4.78 is 1.47. The van der Waals surface area contributed by atoms with Gasteiger partial charge in [0.05, 0.1) is 12.1 Å². The van der Waals surface area contributed by atoms with Gasteiger partial charge in [-0.3, -0.25) is 14.9 Å². The fourth-order valence-electron chi connectivity index (χ4n) is 2.08. The molecule has 116 valence electrons. The molecule has 2 heterocycles. The molecule has 5 nitrogen and oxygen atoms in total. The number of nitrogens with zero attached hydrogens (tertiary/aromatic N) is 2. The fraction of sp³-hybridized carbons (Fsp3) is 0.0625. The second-order valence-corrected chi connectivity index (χ2v) is 6.14. The minimum Gasteiger partial charge on any atom is -0.310 e. The van der Waals surface area contributed by atoms with Gasteiger partial charge in [0.15, 0.2) is 5.13 Å². The number of pyridine rings is 1. The highest BCUT2D eigenvalue weighted by Crippen LogP contribution is 2.13. The summed E-state index contributed by atoms with van der Waals surface area (Å²) >= 11 is 7.29. The van der Waals surface area contributed by atoms with E-state index in [0.29, 0.717) is 22.3 Å². The van der Waals surface area contributed by atoms with Crippen LogP contribution in [0.3, 0.4) is 0 Å². The van der Waals surface area contributed by atoms with Gasteiger partial charge in [-0.2, -0.15) is 0 Å². The fourth-order valence-corrected chi connectivity index (χ4v) is 2.81. The van der Waals surface area contributed by atoms with Gasteiger partial charge in [-0.15, -0.1) is 11.3 Å². The molecule has 0 aliphatic carbocycles. The van der Waals surface area contributed by atoms with Crippen molar-refractivity contribution in [2.45, 2.75) is 6.54 Å². The van der Waals surface area contributed by atoms with E-state index in [-0.39, 0.29) is 11.5 Å². The lowest BCUT2D eigenvalue weighted by Gasteiger charge is -2.08. The zero-order chi connectivity index (χ0) is 16.2. The molecule has 0 aliphatic rings. The summed E-state index contributed by atoms with van der Waals surface area (Å²) in [4.78, 5) is 28.2. The summed E-state index contributed by atoms with van der Waals surface area (Å²) in [6.45, 7) is 0.345. The summed E-state index contributed by atoms with van der Waals surface area (Å²) in [5.74, 6) is -0.306. The van der Waals surface area contributed by atoms with E-state index in [9.17, 15) is 9.59 Å². The van der Waals surface area contributed by atoms with Crippen molar-refractivity contribution in [3.8, 4) is 0 Å². The van der Waals surface area contributed by atoms with Gasteiger partial charge < -0.3 is 4.57 Å². The predicted octanol–water partition coefficient (Wildman–Crippen LogP) is 3.26. The molecule has 1 aromatic carbocycles. The number of benzene rings is 1. The highest BCUT2D eigenvalue weighted by Gasteiger charge is 2.09. The van der Waals surface area contributed by atoms with E-state index in [0.717, 1.165) is 5.56 Å². The molecule has 0 radical (unpaired) electrons. The van der Waals surface area contributed by atoms with Gasteiger partial charge in [0.2, 0.25) is 0 Å².